The second-order valence-electron chi connectivity index (χ2n) is 6.73. The molecule has 0 amide bonds. The summed E-state index contributed by atoms with van der Waals surface area (Å²) in [5.41, 5.74) is 8.54. The van der Waals surface area contributed by atoms with Gasteiger partial charge in [0.05, 0.1) is 16.4 Å². The average Bonchev–Trinajstić information content (AvgIpc) is 3.12. The fourth-order valence-electron chi connectivity index (χ4n) is 3.75. The van der Waals surface area contributed by atoms with Crippen LogP contribution in [-0.4, -0.2) is 38.0 Å². The number of anilines is 2. The second kappa shape index (κ2) is 5.94. The summed E-state index contributed by atoms with van der Waals surface area (Å²) in [4.78, 5) is 23.7. The number of nitrogens with zero attached hydrogens (tertiary/aromatic N) is 5. The molecular weight excluding hydrogens is 326 g/mol. The van der Waals surface area contributed by atoms with Gasteiger partial charge in [0.1, 0.15) is 23.8 Å². The van der Waals surface area contributed by atoms with Crippen LogP contribution in [0.4, 0.5) is 11.6 Å². The number of fused-ring (bicyclic) bond motifs is 2. The van der Waals surface area contributed by atoms with E-state index in [1.54, 1.807) is 12.4 Å². The number of aromatic amines is 1. The van der Waals surface area contributed by atoms with Gasteiger partial charge in [-0.2, -0.15) is 0 Å². The normalized spacial score (nSPS) is 17.8. The Hall–Kier alpha value is -3.22. The lowest BCUT2D eigenvalue weighted by Gasteiger charge is -2.33. The van der Waals surface area contributed by atoms with Gasteiger partial charge in [0.15, 0.2) is 5.65 Å². The van der Waals surface area contributed by atoms with E-state index < -0.39 is 0 Å². The SMILES string of the molecule is Nc1ccc2c(N3CCC[C@@H](c4nc5ccccc5[nH]4)C3)ncnc2n1. The molecule has 26 heavy (non-hydrogen) atoms. The number of piperidine rings is 1. The molecule has 0 spiro atoms. The molecule has 5 rings (SSSR count). The van der Waals surface area contributed by atoms with Gasteiger partial charge in [-0.05, 0) is 37.1 Å². The van der Waals surface area contributed by atoms with Crippen molar-refractivity contribution in [2.24, 2.45) is 0 Å². The van der Waals surface area contributed by atoms with E-state index in [1.807, 2.05) is 24.3 Å². The molecule has 0 aliphatic carbocycles. The van der Waals surface area contributed by atoms with Gasteiger partial charge < -0.3 is 15.6 Å². The number of hydrogen-bond donors (Lipinski definition) is 2. The summed E-state index contributed by atoms with van der Waals surface area (Å²) in [6, 6.07) is 11.9. The highest BCUT2D eigenvalue weighted by Crippen LogP contribution is 2.31. The second-order valence-corrected chi connectivity index (χ2v) is 6.73. The van der Waals surface area contributed by atoms with Crippen LogP contribution in [0.3, 0.4) is 0 Å². The van der Waals surface area contributed by atoms with Crippen LogP contribution in [-0.2, 0) is 0 Å². The van der Waals surface area contributed by atoms with Gasteiger partial charge in [-0.1, -0.05) is 12.1 Å². The fraction of sp³-hybridized carbons (Fsp3) is 0.263. The molecule has 1 aliphatic heterocycles. The first-order chi connectivity index (χ1) is 12.8. The summed E-state index contributed by atoms with van der Waals surface area (Å²) in [5.74, 6) is 2.80. The minimum atomic E-state index is 0.350. The van der Waals surface area contributed by atoms with E-state index >= 15 is 0 Å². The van der Waals surface area contributed by atoms with E-state index in [2.05, 4.69) is 30.9 Å². The number of imidazole rings is 1. The predicted molar refractivity (Wildman–Crippen MR) is 102 cm³/mol. The third-order valence-electron chi connectivity index (χ3n) is 5.01. The molecule has 1 fully saturated rings. The van der Waals surface area contributed by atoms with Gasteiger partial charge in [0.2, 0.25) is 0 Å². The van der Waals surface area contributed by atoms with Crippen molar-refractivity contribution in [3.05, 3.63) is 48.5 Å². The van der Waals surface area contributed by atoms with E-state index in [9.17, 15) is 0 Å². The number of para-hydroxylation sites is 2. The van der Waals surface area contributed by atoms with Gasteiger partial charge in [-0.25, -0.2) is 19.9 Å². The first-order valence-corrected chi connectivity index (χ1v) is 8.85. The minimum Gasteiger partial charge on any atom is -0.384 e. The van der Waals surface area contributed by atoms with Crippen molar-refractivity contribution in [1.82, 2.24) is 24.9 Å². The molecule has 130 valence electrons. The maximum Gasteiger partial charge on any atom is 0.166 e. The molecule has 4 aromatic rings. The average molecular weight is 345 g/mol. The molecule has 1 saturated heterocycles. The van der Waals surface area contributed by atoms with Crippen molar-refractivity contribution in [1.29, 1.82) is 0 Å². The molecular formula is C19H19N7. The van der Waals surface area contributed by atoms with Crippen LogP contribution in [0.25, 0.3) is 22.1 Å². The zero-order chi connectivity index (χ0) is 17.5. The number of nitrogens with two attached hydrogens (primary N) is 1. The molecule has 7 nitrogen and oxygen atoms in total. The number of hydrogen-bond acceptors (Lipinski definition) is 6. The number of nitrogens with one attached hydrogen (secondary N) is 1. The Morgan fingerprint density at radius 1 is 1.08 bits per heavy atom. The van der Waals surface area contributed by atoms with Crippen molar-refractivity contribution >= 4 is 33.7 Å². The monoisotopic (exact) mass is 345 g/mol. The molecule has 7 heteroatoms. The van der Waals surface area contributed by atoms with Gasteiger partial charge in [0.25, 0.3) is 0 Å². The molecule has 4 heterocycles. The molecule has 3 N–H and O–H groups in total. The molecule has 1 aromatic carbocycles. The van der Waals surface area contributed by atoms with Crippen LogP contribution in [0.15, 0.2) is 42.7 Å². The lowest BCUT2D eigenvalue weighted by molar-refractivity contribution is 0.493. The van der Waals surface area contributed by atoms with Gasteiger partial charge in [0, 0.05) is 19.0 Å². The third kappa shape index (κ3) is 2.52. The molecule has 3 aromatic heterocycles. The number of pyridine rings is 1. The van der Waals surface area contributed by atoms with Crippen molar-refractivity contribution in [2.75, 3.05) is 23.7 Å². The molecule has 0 unspecified atom stereocenters. The smallest absolute Gasteiger partial charge is 0.166 e. The van der Waals surface area contributed by atoms with Gasteiger partial charge in [-0.3, -0.25) is 0 Å². The summed E-state index contributed by atoms with van der Waals surface area (Å²) >= 11 is 0. The highest BCUT2D eigenvalue weighted by molar-refractivity contribution is 5.87. The molecule has 1 atom stereocenters. The summed E-state index contributed by atoms with van der Waals surface area (Å²) in [6.07, 6.45) is 3.77. The van der Waals surface area contributed by atoms with Crippen LogP contribution in [0.1, 0.15) is 24.6 Å². The highest BCUT2D eigenvalue weighted by Gasteiger charge is 2.26. The van der Waals surface area contributed by atoms with E-state index in [0.29, 0.717) is 17.4 Å². The number of nitrogen functional groups attached to an aromatic ring is 1. The topological polar surface area (TPSA) is 96.6 Å². The zero-order valence-corrected chi connectivity index (χ0v) is 14.3. The van der Waals surface area contributed by atoms with Crippen molar-refractivity contribution < 1.29 is 0 Å². The predicted octanol–water partition coefficient (Wildman–Crippen LogP) is 2.87. The maximum absolute atomic E-state index is 5.79. The van der Waals surface area contributed by atoms with Crippen LogP contribution >= 0.6 is 0 Å². The van der Waals surface area contributed by atoms with Crippen LogP contribution in [0, 0.1) is 0 Å². The minimum absolute atomic E-state index is 0.350. The van der Waals surface area contributed by atoms with E-state index in [4.69, 9.17) is 10.7 Å². The highest BCUT2D eigenvalue weighted by atomic mass is 15.2. The molecule has 0 saturated carbocycles. The lowest BCUT2D eigenvalue weighted by atomic mass is 9.97. The Kier molecular flexibility index (Phi) is 3.44. The lowest BCUT2D eigenvalue weighted by Crippen LogP contribution is -2.35. The van der Waals surface area contributed by atoms with Crippen molar-refractivity contribution in [3.8, 4) is 0 Å². The quantitative estimate of drug-likeness (QED) is 0.580. The zero-order valence-electron chi connectivity index (χ0n) is 14.3. The van der Waals surface area contributed by atoms with Crippen LogP contribution in [0.2, 0.25) is 0 Å². The summed E-state index contributed by atoms with van der Waals surface area (Å²) < 4.78 is 0. The number of aromatic nitrogens is 5. The summed E-state index contributed by atoms with van der Waals surface area (Å²) in [6.45, 7) is 1.84. The van der Waals surface area contributed by atoms with Crippen LogP contribution < -0.4 is 10.6 Å². The van der Waals surface area contributed by atoms with Crippen molar-refractivity contribution in [3.63, 3.8) is 0 Å². The summed E-state index contributed by atoms with van der Waals surface area (Å²) in [7, 11) is 0. The fourth-order valence-corrected chi connectivity index (χ4v) is 3.75. The number of benzene rings is 1. The molecule has 0 bridgehead atoms. The van der Waals surface area contributed by atoms with E-state index in [1.165, 1.54) is 0 Å². The van der Waals surface area contributed by atoms with Gasteiger partial charge >= 0.3 is 0 Å². The number of H-pyrrole nitrogens is 1. The Bertz CT molecular complexity index is 1050. The van der Waals surface area contributed by atoms with Gasteiger partial charge in [-0.15, -0.1) is 0 Å². The van der Waals surface area contributed by atoms with E-state index in [-0.39, 0.29) is 0 Å². The first-order valence-electron chi connectivity index (χ1n) is 8.85. The Morgan fingerprint density at radius 2 is 2.00 bits per heavy atom. The third-order valence-corrected chi connectivity index (χ3v) is 5.01. The van der Waals surface area contributed by atoms with Crippen LogP contribution in [0.5, 0.6) is 0 Å². The standard InChI is InChI=1S/C19H19N7/c20-16-8-7-13-18(25-16)21-11-22-19(13)26-9-3-4-12(10-26)17-23-14-5-1-2-6-15(14)24-17/h1-2,5-8,11-12H,3-4,9-10H2,(H,23,24)(H2,20,21,22,25)/t12-/m1/s1. The molecule has 1 aliphatic rings. The number of rotatable bonds is 2. The Balaban J connectivity index is 1.49. The largest absolute Gasteiger partial charge is 0.384 e. The first kappa shape index (κ1) is 15.1. The Morgan fingerprint density at radius 3 is 2.92 bits per heavy atom. The molecule has 0 radical (unpaired) electrons. The Labute approximate surface area is 150 Å². The van der Waals surface area contributed by atoms with E-state index in [0.717, 1.165) is 54.0 Å². The van der Waals surface area contributed by atoms with Crippen molar-refractivity contribution in [2.45, 2.75) is 18.8 Å². The summed E-state index contributed by atoms with van der Waals surface area (Å²) in [5, 5.41) is 0.937. The maximum atomic E-state index is 5.79.